The van der Waals surface area contributed by atoms with E-state index in [-0.39, 0.29) is 5.91 Å². The van der Waals surface area contributed by atoms with Crippen LogP contribution in [0.4, 0.5) is 0 Å². The van der Waals surface area contributed by atoms with E-state index in [4.69, 9.17) is 7.85 Å². The highest BCUT2D eigenvalue weighted by Crippen LogP contribution is 2.26. The van der Waals surface area contributed by atoms with E-state index in [9.17, 15) is 4.79 Å². The lowest BCUT2D eigenvalue weighted by Gasteiger charge is -2.16. The van der Waals surface area contributed by atoms with E-state index in [0.29, 0.717) is 13.1 Å². The zero-order valence-corrected chi connectivity index (χ0v) is 12.7. The molecule has 0 aromatic heterocycles. The van der Waals surface area contributed by atoms with Crippen LogP contribution >= 0.6 is 0 Å². The Morgan fingerprint density at radius 1 is 1.05 bits per heavy atom. The average molecular weight is 275 g/mol. The van der Waals surface area contributed by atoms with Crippen LogP contribution in [0.5, 0.6) is 0 Å². The van der Waals surface area contributed by atoms with Gasteiger partial charge in [-0.25, -0.2) is 0 Å². The van der Waals surface area contributed by atoms with Crippen LogP contribution in [-0.4, -0.2) is 18.7 Å². The first-order valence-corrected chi connectivity index (χ1v) is 7.19. The van der Waals surface area contributed by atoms with Gasteiger partial charge in [0.15, 0.2) is 0 Å². The van der Waals surface area contributed by atoms with Crippen molar-refractivity contribution in [1.82, 2.24) is 4.90 Å². The van der Waals surface area contributed by atoms with Crippen LogP contribution in [0, 0.1) is 20.8 Å². The maximum absolute atomic E-state index is 12.6. The van der Waals surface area contributed by atoms with Crippen LogP contribution in [0.15, 0.2) is 30.3 Å². The predicted octanol–water partition coefficient (Wildman–Crippen LogP) is 2.56. The highest BCUT2D eigenvalue weighted by Gasteiger charge is 2.28. The van der Waals surface area contributed by atoms with Gasteiger partial charge in [0.05, 0.1) is 0 Å². The second kappa shape index (κ2) is 5.07. The zero-order valence-electron chi connectivity index (χ0n) is 12.7. The Hall–Kier alpha value is -2.03. The molecule has 3 heteroatoms. The third kappa shape index (κ3) is 2.60. The van der Waals surface area contributed by atoms with Crippen LogP contribution < -0.4 is 5.46 Å². The van der Waals surface area contributed by atoms with Crippen LogP contribution in [0.2, 0.25) is 0 Å². The van der Waals surface area contributed by atoms with Gasteiger partial charge in [-0.15, -0.1) is 0 Å². The molecule has 0 saturated heterocycles. The summed E-state index contributed by atoms with van der Waals surface area (Å²) in [6.45, 7) is 7.42. The molecule has 2 radical (unpaired) electrons. The van der Waals surface area contributed by atoms with Gasteiger partial charge in [-0.1, -0.05) is 46.9 Å². The van der Waals surface area contributed by atoms with Crippen LogP contribution in [-0.2, 0) is 13.1 Å². The zero-order chi connectivity index (χ0) is 15.1. The van der Waals surface area contributed by atoms with Crippen molar-refractivity contribution >= 4 is 19.2 Å². The van der Waals surface area contributed by atoms with E-state index in [1.807, 2.05) is 24.0 Å². The maximum Gasteiger partial charge on any atom is 0.255 e. The first-order chi connectivity index (χ1) is 9.94. The van der Waals surface area contributed by atoms with Gasteiger partial charge in [0, 0.05) is 18.7 Å². The number of hydrogen-bond donors (Lipinski definition) is 0. The first-order valence-electron chi connectivity index (χ1n) is 7.19. The second-order valence-electron chi connectivity index (χ2n) is 6.03. The van der Waals surface area contributed by atoms with Gasteiger partial charge in [-0.2, -0.15) is 0 Å². The Balaban J connectivity index is 1.90. The van der Waals surface area contributed by atoms with Crippen molar-refractivity contribution in [3.8, 4) is 0 Å². The Morgan fingerprint density at radius 2 is 1.71 bits per heavy atom. The molecule has 0 fully saturated rings. The molecule has 0 bridgehead atoms. The molecule has 0 aliphatic carbocycles. The molecule has 2 aromatic carbocycles. The average Bonchev–Trinajstić information content (AvgIpc) is 2.64. The molecule has 3 rings (SSSR count). The third-order valence-electron chi connectivity index (χ3n) is 3.96. The van der Waals surface area contributed by atoms with E-state index in [1.54, 1.807) is 0 Å². The molecular formula is C18H18BNO. The van der Waals surface area contributed by atoms with Gasteiger partial charge in [-0.3, -0.25) is 4.79 Å². The number of amides is 1. The molecule has 0 spiro atoms. The van der Waals surface area contributed by atoms with Gasteiger partial charge in [0.25, 0.3) is 5.91 Å². The van der Waals surface area contributed by atoms with Crippen molar-refractivity contribution in [2.24, 2.45) is 0 Å². The van der Waals surface area contributed by atoms with Gasteiger partial charge in [0.2, 0.25) is 0 Å². The molecule has 0 N–H and O–H groups in total. The van der Waals surface area contributed by atoms with Gasteiger partial charge in [0.1, 0.15) is 7.85 Å². The summed E-state index contributed by atoms with van der Waals surface area (Å²) in [4.78, 5) is 14.5. The highest BCUT2D eigenvalue weighted by molar-refractivity contribution is 6.32. The number of nitrogens with zero attached hydrogens (tertiary/aromatic N) is 1. The minimum absolute atomic E-state index is 0.113. The molecule has 1 aliphatic rings. The quantitative estimate of drug-likeness (QED) is 0.771. The summed E-state index contributed by atoms with van der Waals surface area (Å²) >= 11 is 0. The number of benzene rings is 2. The number of rotatable bonds is 2. The Kier molecular flexibility index (Phi) is 3.36. The van der Waals surface area contributed by atoms with Gasteiger partial charge in [-0.05, 0) is 37.5 Å². The number of aryl methyl sites for hydroxylation is 3. The summed E-state index contributed by atoms with van der Waals surface area (Å²) in [7, 11) is 5.89. The fourth-order valence-corrected chi connectivity index (χ4v) is 3.27. The van der Waals surface area contributed by atoms with Crippen LogP contribution in [0.25, 0.3) is 0 Å². The van der Waals surface area contributed by atoms with Gasteiger partial charge >= 0.3 is 0 Å². The highest BCUT2D eigenvalue weighted by atomic mass is 16.2. The third-order valence-corrected chi connectivity index (χ3v) is 3.96. The maximum atomic E-state index is 12.6. The fourth-order valence-electron chi connectivity index (χ4n) is 3.27. The predicted molar refractivity (Wildman–Crippen MR) is 86.1 cm³/mol. The van der Waals surface area contributed by atoms with Crippen molar-refractivity contribution in [2.45, 2.75) is 33.9 Å². The fraction of sp³-hybridized carbons (Fsp3) is 0.278. The molecule has 21 heavy (non-hydrogen) atoms. The summed E-state index contributed by atoms with van der Waals surface area (Å²) in [6.07, 6.45) is 0. The van der Waals surface area contributed by atoms with E-state index < -0.39 is 0 Å². The Bertz CT molecular complexity index is 716. The summed E-state index contributed by atoms with van der Waals surface area (Å²) in [5.41, 5.74) is 7.21. The molecular weight excluding hydrogens is 257 g/mol. The molecule has 2 aromatic rings. The summed E-state index contributed by atoms with van der Waals surface area (Å²) < 4.78 is 0. The van der Waals surface area contributed by atoms with E-state index in [0.717, 1.165) is 22.2 Å². The molecule has 1 amide bonds. The van der Waals surface area contributed by atoms with E-state index in [1.165, 1.54) is 16.7 Å². The van der Waals surface area contributed by atoms with Crippen LogP contribution in [0.1, 0.15) is 38.2 Å². The Labute approximate surface area is 127 Å². The minimum atomic E-state index is 0.113. The Morgan fingerprint density at radius 3 is 2.38 bits per heavy atom. The summed E-state index contributed by atoms with van der Waals surface area (Å²) in [5.74, 6) is 0.113. The molecule has 2 nitrogen and oxygen atoms in total. The smallest absolute Gasteiger partial charge is 0.255 e. The lowest BCUT2D eigenvalue weighted by atomic mass is 9.90. The summed E-state index contributed by atoms with van der Waals surface area (Å²) in [6, 6.07) is 10.2. The molecule has 0 atom stereocenters. The van der Waals surface area contributed by atoms with Crippen molar-refractivity contribution in [3.63, 3.8) is 0 Å². The first kappa shape index (κ1) is 13.9. The topological polar surface area (TPSA) is 20.3 Å². The van der Waals surface area contributed by atoms with Gasteiger partial charge < -0.3 is 4.90 Å². The van der Waals surface area contributed by atoms with Crippen LogP contribution in [0.3, 0.4) is 0 Å². The number of hydrogen-bond acceptors (Lipinski definition) is 1. The lowest BCUT2D eigenvalue weighted by Crippen LogP contribution is -2.23. The standard InChI is InChI=1S/C18H18BNO/c1-11-4-12(2)6-14(5-11)9-20-10-15-8-16(19)7-13(3)17(15)18(20)21/h4-8H,9-10H2,1-3H3. The molecule has 1 heterocycles. The van der Waals surface area contributed by atoms with Crippen molar-refractivity contribution in [3.05, 3.63) is 63.7 Å². The van der Waals surface area contributed by atoms with E-state index in [2.05, 4.69) is 32.0 Å². The van der Waals surface area contributed by atoms with Crippen molar-refractivity contribution in [2.75, 3.05) is 0 Å². The minimum Gasteiger partial charge on any atom is -0.330 e. The number of carbonyl (C=O) groups excluding carboxylic acids is 1. The van der Waals surface area contributed by atoms with E-state index >= 15 is 0 Å². The largest absolute Gasteiger partial charge is 0.330 e. The summed E-state index contributed by atoms with van der Waals surface area (Å²) in [5, 5.41) is 0. The normalized spacial score (nSPS) is 13.7. The molecule has 104 valence electrons. The van der Waals surface area contributed by atoms with Crippen molar-refractivity contribution < 1.29 is 4.79 Å². The van der Waals surface area contributed by atoms with Crippen molar-refractivity contribution in [1.29, 1.82) is 0 Å². The molecule has 0 saturated carbocycles. The monoisotopic (exact) mass is 275 g/mol. The number of carbonyl (C=O) groups is 1. The lowest BCUT2D eigenvalue weighted by molar-refractivity contribution is 0.0766. The SMILES string of the molecule is [B]c1cc(C)c2c(c1)CN(Cc1cc(C)cc(C)c1)C2=O. The molecule has 1 aliphatic heterocycles. The molecule has 0 unspecified atom stereocenters. The second-order valence-corrected chi connectivity index (χ2v) is 6.03. The number of fused-ring (bicyclic) bond motifs is 1.